The Morgan fingerprint density at radius 3 is 2.83 bits per heavy atom. The highest BCUT2D eigenvalue weighted by atomic mass is 32.2. The van der Waals surface area contributed by atoms with E-state index in [1.165, 1.54) is 10.4 Å². The van der Waals surface area contributed by atoms with Gasteiger partial charge in [0.25, 0.3) is 0 Å². The molecule has 0 aliphatic heterocycles. The molecule has 2 heterocycles. The number of rotatable bonds is 6. The Kier molecular flexibility index (Phi) is 4.92. The lowest BCUT2D eigenvalue weighted by Gasteiger charge is -2.22. The molecule has 0 spiro atoms. The van der Waals surface area contributed by atoms with Crippen LogP contribution in [-0.4, -0.2) is 6.04 Å². The van der Waals surface area contributed by atoms with E-state index in [0.29, 0.717) is 5.25 Å². The molecule has 0 saturated heterocycles. The summed E-state index contributed by atoms with van der Waals surface area (Å²) in [5.41, 5.74) is 7.62. The third kappa shape index (κ3) is 3.19. The molecule has 2 rings (SSSR count). The van der Waals surface area contributed by atoms with Gasteiger partial charge < -0.3 is 10.2 Å². The fourth-order valence-electron chi connectivity index (χ4n) is 1.85. The molecule has 0 aliphatic carbocycles. The summed E-state index contributed by atoms with van der Waals surface area (Å²) in [5, 5.41) is 2.51. The van der Waals surface area contributed by atoms with E-state index in [4.69, 9.17) is 10.2 Å². The minimum atomic E-state index is 0.197. The Morgan fingerprint density at radius 2 is 2.28 bits per heavy atom. The lowest BCUT2D eigenvalue weighted by atomic mass is 10.1. The number of furan rings is 1. The van der Waals surface area contributed by atoms with Crippen molar-refractivity contribution >= 4 is 23.1 Å². The molecule has 0 saturated carbocycles. The molecule has 2 aromatic heterocycles. The van der Waals surface area contributed by atoms with Crippen molar-refractivity contribution in [2.24, 2.45) is 5.73 Å². The Hall–Kier alpha value is -0.710. The first-order valence-electron chi connectivity index (χ1n) is 6.16. The van der Waals surface area contributed by atoms with Gasteiger partial charge in [-0.3, -0.25) is 0 Å². The van der Waals surface area contributed by atoms with E-state index < -0.39 is 0 Å². The molecule has 98 valence electrons. The van der Waals surface area contributed by atoms with Crippen molar-refractivity contribution in [3.63, 3.8) is 0 Å². The van der Waals surface area contributed by atoms with Crippen LogP contribution >= 0.6 is 23.1 Å². The molecule has 2 unspecified atom stereocenters. The summed E-state index contributed by atoms with van der Waals surface area (Å²) in [5.74, 6) is 1.89. The quantitative estimate of drug-likeness (QED) is 0.855. The summed E-state index contributed by atoms with van der Waals surface area (Å²) < 4.78 is 5.39. The molecule has 0 aromatic carbocycles. The molecule has 0 amide bonds. The largest absolute Gasteiger partial charge is 0.468 e. The smallest absolute Gasteiger partial charge is 0.113 e. The van der Waals surface area contributed by atoms with Crippen LogP contribution in [0.2, 0.25) is 0 Å². The van der Waals surface area contributed by atoms with Crippen LogP contribution in [-0.2, 0) is 5.75 Å². The summed E-state index contributed by atoms with van der Waals surface area (Å²) in [4.78, 5) is 1.40. The third-order valence-electron chi connectivity index (χ3n) is 3.01. The van der Waals surface area contributed by atoms with Gasteiger partial charge in [0.1, 0.15) is 5.76 Å². The molecule has 18 heavy (non-hydrogen) atoms. The zero-order chi connectivity index (χ0) is 13.0. The van der Waals surface area contributed by atoms with Gasteiger partial charge >= 0.3 is 0 Å². The summed E-state index contributed by atoms with van der Waals surface area (Å²) in [6, 6.07) is 6.31. The maximum Gasteiger partial charge on any atom is 0.113 e. The second kappa shape index (κ2) is 6.45. The van der Waals surface area contributed by atoms with Gasteiger partial charge in [-0.2, -0.15) is 0 Å². The minimum absolute atomic E-state index is 0.197. The lowest BCUT2D eigenvalue weighted by Crippen LogP contribution is -2.25. The van der Waals surface area contributed by atoms with Gasteiger partial charge in [0, 0.05) is 10.9 Å². The minimum Gasteiger partial charge on any atom is -0.468 e. The summed E-state index contributed by atoms with van der Waals surface area (Å²) >= 11 is 3.68. The van der Waals surface area contributed by atoms with Gasteiger partial charge in [-0.1, -0.05) is 6.92 Å². The van der Waals surface area contributed by atoms with Crippen molar-refractivity contribution in [3.8, 4) is 0 Å². The van der Waals surface area contributed by atoms with Gasteiger partial charge in [-0.25, -0.2) is 0 Å². The van der Waals surface area contributed by atoms with E-state index in [1.54, 1.807) is 6.26 Å². The van der Waals surface area contributed by atoms with Gasteiger partial charge in [-0.05, 0) is 42.5 Å². The molecule has 0 aliphatic rings. The van der Waals surface area contributed by atoms with Crippen LogP contribution in [0.3, 0.4) is 0 Å². The third-order valence-corrected chi connectivity index (χ3v) is 5.65. The molecule has 4 heteroatoms. The van der Waals surface area contributed by atoms with E-state index >= 15 is 0 Å². The SMILES string of the molecule is CCC(N)C(SCc1ccco1)c1sccc1C. The first-order chi connectivity index (χ1) is 8.72. The van der Waals surface area contributed by atoms with Crippen LogP contribution in [0.15, 0.2) is 34.3 Å². The average molecular weight is 281 g/mol. The number of aryl methyl sites for hydroxylation is 1. The van der Waals surface area contributed by atoms with Crippen molar-refractivity contribution in [1.82, 2.24) is 0 Å². The Labute approximate surface area is 117 Å². The Balaban J connectivity index is 2.08. The van der Waals surface area contributed by atoms with E-state index in [1.807, 2.05) is 35.2 Å². The highest BCUT2D eigenvalue weighted by molar-refractivity contribution is 7.98. The molecular formula is C14H19NOS2. The predicted molar refractivity (Wildman–Crippen MR) is 80.1 cm³/mol. The first kappa shape index (κ1) is 13.7. The molecule has 2 aromatic rings. The maximum atomic E-state index is 6.27. The second-order valence-corrected chi connectivity index (χ2v) is 6.43. The van der Waals surface area contributed by atoms with Crippen molar-refractivity contribution in [2.45, 2.75) is 37.3 Å². The van der Waals surface area contributed by atoms with Crippen molar-refractivity contribution in [3.05, 3.63) is 46.0 Å². The lowest BCUT2D eigenvalue weighted by molar-refractivity contribution is 0.529. The summed E-state index contributed by atoms with van der Waals surface area (Å²) in [6.45, 7) is 4.31. The second-order valence-electron chi connectivity index (χ2n) is 4.35. The standard InChI is InChI=1S/C14H19NOS2/c1-3-12(15)14(13-10(2)6-8-17-13)18-9-11-5-4-7-16-11/h4-8,12,14H,3,9,15H2,1-2H3. The molecule has 0 radical (unpaired) electrons. The topological polar surface area (TPSA) is 39.2 Å². The molecule has 2 atom stereocenters. The first-order valence-corrected chi connectivity index (χ1v) is 8.08. The van der Waals surface area contributed by atoms with Gasteiger partial charge in [-0.15, -0.1) is 23.1 Å². The fraction of sp³-hybridized carbons (Fsp3) is 0.429. The van der Waals surface area contributed by atoms with Crippen LogP contribution in [0.5, 0.6) is 0 Å². The predicted octanol–water partition coefficient (Wildman–Crippen LogP) is 4.36. The molecule has 2 N–H and O–H groups in total. The number of hydrogen-bond donors (Lipinski definition) is 1. The van der Waals surface area contributed by atoms with Crippen LogP contribution < -0.4 is 5.73 Å². The van der Waals surface area contributed by atoms with Crippen LogP contribution in [0, 0.1) is 6.92 Å². The highest BCUT2D eigenvalue weighted by Gasteiger charge is 2.22. The summed E-state index contributed by atoms with van der Waals surface area (Å²) in [6.07, 6.45) is 2.72. The van der Waals surface area contributed by atoms with E-state index in [-0.39, 0.29) is 6.04 Å². The van der Waals surface area contributed by atoms with Crippen LogP contribution in [0.1, 0.15) is 34.8 Å². The Morgan fingerprint density at radius 1 is 1.44 bits per heavy atom. The molecular weight excluding hydrogens is 262 g/mol. The number of thioether (sulfide) groups is 1. The Bertz CT molecular complexity index is 464. The summed E-state index contributed by atoms with van der Waals surface area (Å²) in [7, 11) is 0. The van der Waals surface area contributed by atoms with Gasteiger partial charge in [0.15, 0.2) is 0 Å². The average Bonchev–Trinajstić information content (AvgIpc) is 3.01. The van der Waals surface area contributed by atoms with Crippen molar-refractivity contribution in [1.29, 1.82) is 0 Å². The van der Waals surface area contributed by atoms with Crippen LogP contribution in [0.25, 0.3) is 0 Å². The van der Waals surface area contributed by atoms with Crippen molar-refractivity contribution in [2.75, 3.05) is 0 Å². The highest BCUT2D eigenvalue weighted by Crippen LogP contribution is 2.39. The van der Waals surface area contributed by atoms with E-state index in [2.05, 4.69) is 25.3 Å². The monoisotopic (exact) mass is 281 g/mol. The normalized spacial score (nSPS) is 14.6. The number of thiophene rings is 1. The molecule has 2 nitrogen and oxygen atoms in total. The molecule has 0 fully saturated rings. The number of hydrogen-bond acceptors (Lipinski definition) is 4. The zero-order valence-corrected chi connectivity index (χ0v) is 12.4. The van der Waals surface area contributed by atoms with Gasteiger partial charge in [0.05, 0.1) is 17.3 Å². The van der Waals surface area contributed by atoms with Crippen LogP contribution in [0.4, 0.5) is 0 Å². The number of nitrogens with two attached hydrogens (primary N) is 1. The van der Waals surface area contributed by atoms with Gasteiger partial charge in [0.2, 0.25) is 0 Å². The zero-order valence-electron chi connectivity index (χ0n) is 10.8. The van der Waals surface area contributed by atoms with E-state index in [9.17, 15) is 0 Å². The van der Waals surface area contributed by atoms with E-state index in [0.717, 1.165) is 17.9 Å². The fourth-order valence-corrected chi connectivity index (χ4v) is 4.49. The molecule has 0 bridgehead atoms. The van der Waals surface area contributed by atoms with Crippen molar-refractivity contribution < 1.29 is 4.42 Å². The maximum absolute atomic E-state index is 6.27.